The Bertz CT molecular complexity index is 1610. The molecule has 35 heavy (non-hydrogen) atoms. The highest BCUT2D eigenvalue weighted by molar-refractivity contribution is 7.77. The Hall–Kier alpha value is -3.37. The van der Waals surface area contributed by atoms with E-state index in [9.17, 15) is 8.76 Å². The van der Waals surface area contributed by atoms with Crippen LogP contribution in [-0.2, 0) is 23.9 Å². The minimum atomic E-state index is -2.16. The van der Waals surface area contributed by atoms with Gasteiger partial charge < -0.3 is 0 Å². The molecule has 0 amide bonds. The van der Waals surface area contributed by atoms with Crippen LogP contribution in [0.2, 0.25) is 5.02 Å². The molecule has 0 saturated heterocycles. The van der Waals surface area contributed by atoms with Crippen LogP contribution < -0.4 is 4.72 Å². The molecule has 8 nitrogen and oxygen atoms in total. The summed E-state index contributed by atoms with van der Waals surface area (Å²) in [4.78, 5) is 9.54. The molecule has 5 aromatic rings. The number of hydrogen-bond donors (Lipinski definition) is 2. The third kappa shape index (κ3) is 4.06. The quantitative estimate of drug-likeness (QED) is 0.322. The van der Waals surface area contributed by atoms with Gasteiger partial charge in [-0.2, -0.15) is 5.10 Å². The van der Waals surface area contributed by atoms with Crippen LogP contribution in [-0.4, -0.2) is 33.1 Å². The Kier molecular flexibility index (Phi) is 5.30. The number of rotatable bonds is 6. The molecule has 0 aliphatic heterocycles. The summed E-state index contributed by atoms with van der Waals surface area (Å²) in [5.41, 5.74) is 5.56. The molecule has 6 rings (SSSR count). The summed E-state index contributed by atoms with van der Waals surface area (Å²) in [6.45, 7) is 0. The Morgan fingerprint density at radius 1 is 1.09 bits per heavy atom. The molecule has 3 heterocycles. The maximum absolute atomic E-state index is 11.6. The zero-order valence-corrected chi connectivity index (χ0v) is 20.3. The van der Waals surface area contributed by atoms with Crippen LogP contribution in [0.25, 0.3) is 39.1 Å². The number of fused-ring (bicyclic) bond motifs is 1. The number of aromatic nitrogens is 5. The first-order valence-electron chi connectivity index (χ1n) is 11.0. The number of imidazole rings is 1. The Morgan fingerprint density at radius 3 is 2.63 bits per heavy atom. The summed E-state index contributed by atoms with van der Waals surface area (Å²) in [7, 11) is 1.89. The zero-order chi connectivity index (χ0) is 24.2. The van der Waals surface area contributed by atoms with E-state index in [2.05, 4.69) is 14.8 Å². The molecular formula is C25H21ClN6O2S. The number of halogens is 1. The number of pyridine rings is 1. The van der Waals surface area contributed by atoms with Crippen molar-refractivity contribution >= 4 is 33.9 Å². The summed E-state index contributed by atoms with van der Waals surface area (Å²) in [6.07, 6.45) is 6.98. The monoisotopic (exact) mass is 504 g/mol. The molecule has 0 radical (unpaired) electrons. The lowest BCUT2D eigenvalue weighted by atomic mass is 10.0. The molecule has 1 atom stereocenters. The van der Waals surface area contributed by atoms with E-state index in [1.807, 2.05) is 78.6 Å². The fourth-order valence-electron chi connectivity index (χ4n) is 4.38. The largest absolute Gasteiger partial charge is 0.294 e. The lowest BCUT2D eigenvalue weighted by Gasteiger charge is -2.18. The molecule has 1 unspecified atom stereocenters. The van der Waals surface area contributed by atoms with E-state index in [0.717, 1.165) is 46.1 Å². The third-order valence-electron chi connectivity index (χ3n) is 6.35. The van der Waals surface area contributed by atoms with Gasteiger partial charge in [-0.3, -0.25) is 13.8 Å². The van der Waals surface area contributed by atoms with Crippen LogP contribution in [0.15, 0.2) is 73.3 Å². The van der Waals surface area contributed by atoms with Gasteiger partial charge in [0, 0.05) is 29.4 Å². The van der Waals surface area contributed by atoms with Gasteiger partial charge in [0.15, 0.2) is 0 Å². The van der Waals surface area contributed by atoms with Crippen molar-refractivity contribution in [3.8, 4) is 28.1 Å². The number of hydrogen-bond acceptors (Lipinski definition) is 4. The highest BCUT2D eigenvalue weighted by Crippen LogP contribution is 2.46. The Labute approximate surface area is 209 Å². The number of aryl methyl sites for hydroxylation is 1. The second kappa shape index (κ2) is 8.39. The molecule has 1 fully saturated rings. The second-order valence-corrected chi connectivity index (χ2v) is 9.84. The van der Waals surface area contributed by atoms with Crippen molar-refractivity contribution in [1.82, 2.24) is 29.0 Å². The Morgan fingerprint density at radius 2 is 1.91 bits per heavy atom. The van der Waals surface area contributed by atoms with Crippen molar-refractivity contribution in [2.45, 2.75) is 18.4 Å². The number of nitrogens with zero attached hydrogens (tertiary/aromatic N) is 5. The van der Waals surface area contributed by atoms with Crippen LogP contribution in [0.4, 0.5) is 0 Å². The minimum absolute atomic E-state index is 0.621. The first kappa shape index (κ1) is 22.1. The molecule has 0 bridgehead atoms. The summed E-state index contributed by atoms with van der Waals surface area (Å²) in [5, 5.41) is 4.88. The average Bonchev–Trinajstić information content (AvgIpc) is 3.29. The second-order valence-electron chi connectivity index (χ2n) is 8.73. The molecule has 176 valence electrons. The van der Waals surface area contributed by atoms with Gasteiger partial charge in [0.1, 0.15) is 12.1 Å². The maximum Gasteiger partial charge on any atom is 0.232 e. The van der Waals surface area contributed by atoms with Crippen molar-refractivity contribution in [3.05, 3.63) is 84.0 Å². The average molecular weight is 505 g/mol. The van der Waals surface area contributed by atoms with Crippen LogP contribution >= 0.6 is 11.6 Å². The van der Waals surface area contributed by atoms with E-state index in [1.165, 1.54) is 0 Å². The van der Waals surface area contributed by atoms with Crippen molar-refractivity contribution in [2.75, 3.05) is 0 Å². The predicted molar refractivity (Wildman–Crippen MR) is 136 cm³/mol. The van der Waals surface area contributed by atoms with Crippen LogP contribution in [0.1, 0.15) is 18.5 Å². The predicted octanol–water partition coefficient (Wildman–Crippen LogP) is 4.86. The molecule has 10 heteroatoms. The van der Waals surface area contributed by atoms with Gasteiger partial charge in [0.25, 0.3) is 0 Å². The van der Waals surface area contributed by atoms with Crippen molar-refractivity contribution in [1.29, 1.82) is 0 Å². The van der Waals surface area contributed by atoms with E-state index in [4.69, 9.17) is 16.6 Å². The number of nitrogens with one attached hydrogen (secondary N) is 1. The van der Waals surface area contributed by atoms with Gasteiger partial charge in [0.05, 0.1) is 28.5 Å². The molecule has 1 aliphatic rings. The van der Waals surface area contributed by atoms with E-state index in [0.29, 0.717) is 16.5 Å². The summed E-state index contributed by atoms with van der Waals surface area (Å²) in [5.74, 6) is 0.658. The summed E-state index contributed by atoms with van der Waals surface area (Å²) >= 11 is 4.37. The molecule has 2 N–H and O–H groups in total. The fourth-order valence-corrected chi connectivity index (χ4v) is 5.27. The minimum Gasteiger partial charge on any atom is -0.294 e. The standard InChI is InChI=1S/C25H21ClN6O2S/c1-31-14-18(13-28-31)16-6-7-22-21(10-16)27-15-32(22)24-12-17(19-4-2-3-5-20(19)26)11-23(29-24)25(8-9-25)30-35(33)34/h2-7,10-15,30H,8-9H2,1H3,(H,33,34). The number of benzene rings is 2. The van der Waals surface area contributed by atoms with E-state index in [-0.39, 0.29) is 0 Å². The van der Waals surface area contributed by atoms with Gasteiger partial charge in [-0.15, -0.1) is 0 Å². The van der Waals surface area contributed by atoms with Crippen molar-refractivity contribution in [3.63, 3.8) is 0 Å². The zero-order valence-electron chi connectivity index (χ0n) is 18.7. The summed E-state index contributed by atoms with van der Waals surface area (Å²) in [6, 6.07) is 17.6. The fraction of sp³-hybridized carbons (Fsp3) is 0.160. The molecule has 0 spiro atoms. The highest BCUT2D eigenvalue weighted by atomic mass is 35.5. The van der Waals surface area contributed by atoms with E-state index >= 15 is 0 Å². The maximum atomic E-state index is 11.6. The Balaban J connectivity index is 1.50. The highest BCUT2D eigenvalue weighted by Gasteiger charge is 2.47. The van der Waals surface area contributed by atoms with Gasteiger partial charge >= 0.3 is 0 Å². The molecule has 3 aromatic heterocycles. The summed E-state index contributed by atoms with van der Waals surface area (Å²) < 4.78 is 27.6. The van der Waals surface area contributed by atoms with E-state index < -0.39 is 16.8 Å². The van der Waals surface area contributed by atoms with Gasteiger partial charge in [0.2, 0.25) is 11.3 Å². The first-order chi connectivity index (χ1) is 16.9. The lowest BCUT2D eigenvalue weighted by molar-refractivity contribution is 0.518. The van der Waals surface area contributed by atoms with Gasteiger partial charge in [-0.1, -0.05) is 35.9 Å². The first-order valence-corrected chi connectivity index (χ1v) is 12.5. The van der Waals surface area contributed by atoms with Crippen molar-refractivity contribution < 1.29 is 8.76 Å². The van der Waals surface area contributed by atoms with Crippen molar-refractivity contribution in [2.24, 2.45) is 7.05 Å². The van der Waals surface area contributed by atoms with Crippen LogP contribution in [0.3, 0.4) is 0 Å². The van der Waals surface area contributed by atoms with Gasteiger partial charge in [-0.25, -0.2) is 18.9 Å². The third-order valence-corrected chi connectivity index (χ3v) is 7.25. The topological polar surface area (TPSA) is 97.9 Å². The SMILES string of the molecule is Cn1cc(-c2ccc3c(c2)ncn3-c2cc(-c3ccccc3Cl)cc(C3(NS(=O)O)CC3)n2)cn1. The smallest absolute Gasteiger partial charge is 0.232 e. The molecular weight excluding hydrogens is 484 g/mol. The van der Waals surface area contributed by atoms with E-state index in [1.54, 1.807) is 11.0 Å². The lowest BCUT2D eigenvalue weighted by Crippen LogP contribution is -2.31. The molecule has 1 saturated carbocycles. The molecule has 1 aliphatic carbocycles. The van der Waals surface area contributed by atoms with Gasteiger partial charge in [-0.05, 0) is 54.3 Å². The normalized spacial score (nSPS) is 15.4. The molecule has 2 aromatic carbocycles. The van der Waals surface area contributed by atoms with Crippen LogP contribution in [0.5, 0.6) is 0 Å². The van der Waals surface area contributed by atoms with Crippen LogP contribution in [0, 0.1) is 0 Å².